The van der Waals surface area contributed by atoms with E-state index in [4.69, 9.17) is 0 Å². The predicted octanol–water partition coefficient (Wildman–Crippen LogP) is 4.56. The van der Waals surface area contributed by atoms with Crippen molar-refractivity contribution in [2.75, 3.05) is 5.75 Å². The lowest BCUT2D eigenvalue weighted by Crippen LogP contribution is -2.05. The molecule has 2 rings (SSSR count). The van der Waals surface area contributed by atoms with Crippen LogP contribution in [-0.4, -0.2) is 11.5 Å². The van der Waals surface area contributed by atoms with Crippen LogP contribution in [0.3, 0.4) is 0 Å². The van der Waals surface area contributed by atoms with Gasteiger partial charge in [-0.25, -0.2) is 8.78 Å². The standard InChI is InChI=1S/C16H14F2OS/c1-10-3-5-13(11(2)7-10)15(19)9-20-16-8-12(17)4-6-14(16)18/h3-8H,9H2,1-2H3. The zero-order valence-corrected chi connectivity index (χ0v) is 12.1. The molecule has 2 aromatic carbocycles. The molecule has 0 saturated heterocycles. The lowest BCUT2D eigenvalue weighted by molar-refractivity contribution is 0.102. The van der Waals surface area contributed by atoms with Crippen molar-refractivity contribution in [3.8, 4) is 0 Å². The number of carbonyl (C=O) groups is 1. The zero-order chi connectivity index (χ0) is 14.7. The quantitative estimate of drug-likeness (QED) is 0.607. The molecule has 0 fully saturated rings. The first-order chi connectivity index (χ1) is 9.47. The zero-order valence-electron chi connectivity index (χ0n) is 11.2. The van der Waals surface area contributed by atoms with Gasteiger partial charge in [0, 0.05) is 10.5 Å². The van der Waals surface area contributed by atoms with Gasteiger partial charge in [-0.15, -0.1) is 11.8 Å². The second-order valence-electron chi connectivity index (χ2n) is 4.60. The smallest absolute Gasteiger partial charge is 0.173 e. The lowest BCUT2D eigenvalue weighted by atomic mass is 10.0. The summed E-state index contributed by atoms with van der Waals surface area (Å²) in [4.78, 5) is 12.3. The fourth-order valence-corrected chi connectivity index (χ4v) is 2.78. The molecule has 0 radical (unpaired) electrons. The number of hydrogen-bond donors (Lipinski definition) is 0. The van der Waals surface area contributed by atoms with Crippen LogP contribution in [0.1, 0.15) is 21.5 Å². The van der Waals surface area contributed by atoms with Crippen LogP contribution in [0.25, 0.3) is 0 Å². The Morgan fingerprint density at radius 1 is 1.10 bits per heavy atom. The number of Topliss-reactive ketones (excluding diaryl/α,β-unsaturated/α-hetero) is 1. The minimum atomic E-state index is -0.509. The average Bonchev–Trinajstić information content (AvgIpc) is 2.39. The molecule has 104 valence electrons. The van der Waals surface area contributed by atoms with E-state index in [1.54, 1.807) is 6.07 Å². The molecule has 0 aliphatic heterocycles. The maximum absolute atomic E-state index is 13.5. The number of thioether (sulfide) groups is 1. The summed E-state index contributed by atoms with van der Waals surface area (Å²) in [5.41, 5.74) is 2.61. The van der Waals surface area contributed by atoms with Crippen LogP contribution < -0.4 is 0 Å². The van der Waals surface area contributed by atoms with Crippen molar-refractivity contribution < 1.29 is 13.6 Å². The fourth-order valence-electron chi connectivity index (χ4n) is 1.94. The molecular weight excluding hydrogens is 278 g/mol. The SMILES string of the molecule is Cc1ccc(C(=O)CSc2cc(F)ccc2F)c(C)c1. The molecule has 0 amide bonds. The summed E-state index contributed by atoms with van der Waals surface area (Å²) in [6, 6.07) is 8.81. The van der Waals surface area contributed by atoms with Gasteiger partial charge in [0.15, 0.2) is 5.78 Å². The second kappa shape index (κ2) is 6.18. The molecule has 0 aromatic heterocycles. The second-order valence-corrected chi connectivity index (χ2v) is 5.62. The normalized spacial score (nSPS) is 10.6. The molecule has 0 N–H and O–H groups in total. The number of benzene rings is 2. The Bertz CT molecular complexity index is 653. The number of rotatable bonds is 4. The highest BCUT2D eigenvalue weighted by atomic mass is 32.2. The Kier molecular flexibility index (Phi) is 4.55. The van der Waals surface area contributed by atoms with Crippen molar-refractivity contribution in [1.29, 1.82) is 0 Å². The Balaban J connectivity index is 2.10. The third kappa shape index (κ3) is 3.45. The number of hydrogen-bond acceptors (Lipinski definition) is 2. The molecule has 0 bridgehead atoms. The van der Waals surface area contributed by atoms with E-state index in [0.717, 1.165) is 41.1 Å². The van der Waals surface area contributed by atoms with Crippen LogP contribution in [0.4, 0.5) is 8.78 Å². The molecule has 0 saturated carbocycles. The lowest BCUT2D eigenvalue weighted by Gasteiger charge is -2.06. The molecule has 4 heteroatoms. The molecule has 0 spiro atoms. The van der Waals surface area contributed by atoms with Crippen molar-refractivity contribution in [2.45, 2.75) is 18.7 Å². The topological polar surface area (TPSA) is 17.1 Å². The molecule has 0 unspecified atom stereocenters. The first-order valence-corrected chi connectivity index (χ1v) is 7.14. The molecule has 0 aliphatic rings. The van der Waals surface area contributed by atoms with Crippen LogP contribution in [0, 0.1) is 25.5 Å². The first-order valence-electron chi connectivity index (χ1n) is 6.15. The molecule has 0 heterocycles. The maximum Gasteiger partial charge on any atom is 0.173 e. The van der Waals surface area contributed by atoms with E-state index in [1.807, 2.05) is 26.0 Å². The fraction of sp³-hybridized carbons (Fsp3) is 0.188. The van der Waals surface area contributed by atoms with Crippen LogP contribution in [-0.2, 0) is 0 Å². The highest BCUT2D eigenvalue weighted by Gasteiger charge is 2.12. The van der Waals surface area contributed by atoms with Gasteiger partial charge >= 0.3 is 0 Å². The van der Waals surface area contributed by atoms with Crippen LogP contribution in [0.2, 0.25) is 0 Å². The largest absolute Gasteiger partial charge is 0.293 e. The van der Waals surface area contributed by atoms with Gasteiger partial charge in [0.1, 0.15) is 11.6 Å². The highest BCUT2D eigenvalue weighted by molar-refractivity contribution is 8.00. The van der Waals surface area contributed by atoms with Crippen molar-refractivity contribution in [3.05, 3.63) is 64.7 Å². The number of ketones is 1. The summed E-state index contributed by atoms with van der Waals surface area (Å²) in [7, 11) is 0. The molecule has 1 nitrogen and oxygen atoms in total. The number of aryl methyl sites for hydroxylation is 2. The van der Waals surface area contributed by atoms with Gasteiger partial charge in [-0.3, -0.25) is 4.79 Å². The average molecular weight is 292 g/mol. The van der Waals surface area contributed by atoms with E-state index >= 15 is 0 Å². The summed E-state index contributed by atoms with van der Waals surface area (Å²) >= 11 is 1.01. The van der Waals surface area contributed by atoms with Crippen molar-refractivity contribution in [3.63, 3.8) is 0 Å². The number of carbonyl (C=O) groups excluding carboxylic acids is 1. The third-order valence-electron chi connectivity index (χ3n) is 2.93. The first kappa shape index (κ1) is 14.7. The van der Waals surface area contributed by atoms with Gasteiger partial charge in [-0.1, -0.05) is 23.8 Å². The van der Waals surface area contributed by atoms with Crippen LogP contribution in [0.5, 0.6) is 0 Å². The third-order valence-corrected chi connectivity index (χ3v) is 3.96. The Morgan fingerprint density at radius 3 is 2.55 bits per heavy atom. The summed E-state index contributed by atoms with van der Waals surface area (Å²) in [5, 5.41) is 0. The van der Waals surface area contributed by atoms with Crippen molar-refractivity contribution in [1.82, 2.24) is 0 Å². The number of halogens is 2. The van der Waals surface area contributed by atoms with Crippen LogP contribution in [0.15, 0.2) is 41.3 Å². The van der Waals surface area contributed by atoms with Gasteiger partial charge in [-0.2, -0.15) is 0 Å². The molecule has 0 atom stereocenters. The Hall–Kier alpha value is -1.68. The minimum absolute atomic E-state index is 0.0869. The monoisotopic (exact) mass is 292 g/mol. The van der Waals surface area contributed by atoms with E-state index in [1.165, 1.54) is 0 Å². The maximum atomic E-state index is 13.5. The van der Waals surface area contributed by atoms with E-state index in [9.17, 15) is 13.6 Å². The van der Waals surface area contributed by atoms with E-state index in [0.29, 0.717) is 5.56 Å². The van der Waals surface area contributed by atoms with Gasteiger partial charge in [0.25, 0.3) is 0 Å². The molecule has 0 aliphatic carbocycles. The predicted molar refractivity (Wildman–Crippen MR) is 77.3 cm³/mol. The molecular formula is C16H14F2OS. The van der Waals surface area contributed by atoms with E-state index in [2.05, 4.69) is 0 Å². The highest BCUT2D eigenvalue weighted by Crippen LogP contribution is 2.24. The Labute approximate surface area is 121 Å². The van der Waals surface area contributed by atoms with E-state index in [-0.39, 0.29) is 16.4 Å². The molecule has 2 aromatic rings. The van der Waals surface area contributed by atoms with Gasteiger partial charge in [0.05, 0.1) is 5.75 Å². The van der Waals surface area contributed by atoms with Crippen molar-refractivity contribution in [2.24, 2.45) is 0 Å². The minimum Gasteiger partial charge on any atom is -0.293 e. The Morgan fingerprint density at radius 2 is 1.85 bits per heavy atom. The van der Waals surface area contributed by atoms with Gasteiger partial charge in [0.2, 0.25) is 0 Å². The van der Waals surface area contributed by atoms with E-state index < -0.39 is 11.6 Å². The van der Waals surface area contributed by atoms with Gasteiger partial charge in [-0.05, 0) is 37.6 Å². The van der Waals surface area contributed by atoms with Crippen molar-refractivity contribution >= 4 is 17.5 Å². The summed E-state index contributed by atoms with van der Waals surface area (Å²) in [6.07, 6.45) is 0. The summed E-state index contributed by atoms with van der Waals surface area (Å²) < 4.78 is 26.5. The molecule has 20 heavy (non-hydrogen) atoms. The van der Waals surface area contributed by atoms with Gasteiger partial charge < -0.3 is 0 Å². The summed E-state index contributed by atoms with van der Waals surface area (Å²) in [5.74, 6) is -1.02. The summed E-state index contributed by atoms with van der Waals surface area (Å²) in [6.45, 7) is 3.83. The van der Waals surface area contributed by atoms with Crippen LogP contribution >= 0.6 is 11.8 Å².